The molecule has 0 spiro atoms. The standard InChI is InChI=1S/C23H18N4O4S/c1-31-17-4-2-3-16(9-17)12-25-20(28)19-10-18-21(32-19)26-23(30)27(22(18)29)13-15-7-5-14(11-24)6-8-15/h2-10H,12-13H2,1H3,(H,25,28)(H,26,30). The van der Waals surface area contributed by atoms with Gasteiger partial charge in [0.05, 0.1) is 35.6 Å². The number of carbonyl (C=O) groups excluding carboxylic acids is 1. The van der Waals surface area contributed by atoms with Crippen molar-refractivity contribution in [2.75, 3.05) is 7.11 Å². The zero-order chi connectivity index (χ0) is 22.7. The maximum absolute atomic E-state index is 12.9. The summed E-state index contributed by atoms with van der Waals surface area (Å²) >= 11 is 1.05. The van der Waals surface area contributed by atoms with E-state index in [1.54, 1.807) is 31.4 Å². The van der Waals surface area contributed by atoms with Gasteiger partial charge in [-0.15, -0.1) is 11.3 Å². The topological polar surface area (TPSA) is 117 Å². The first-order chi connectivity index (χ1) is 15.5. The Balaban J connectivity index is 1.57. The summed E-state index contributed by atoms with van der Waals surface area (Å²) < 4.78 is 6.26. The number of carbonyl (C=O) groups is 1. The number of rotatable bonds is 6. The number of nitrogens with one attached hydrogen (secondary N) is 2. The van der Waals surface area contributed by atoms with Gasteiger partial charge in [-0.05, 0) is 41.5 Å². The van der Waals surface area contributed by atoms with Crippen molar-refractivity contribution in [3.63, 3.8) is 0 Å². The average molecular weight is 446 g/mol. The molecule has 2 aromatic heterocycles. The van der Waals surface area contributed by atoms with Crippen molar-refractivity contribution in [3.8, 4) is 11.8 Å². The lowest BCUT2D eigenvalue weighted by Gasteiger charge is -2.05. The Bertz CT molecular complexity index is 1460. The van der Waals surface area contributed by atoms with E-state index in [1.807, 2.05) is 30.3 Å². The first-order valence-electron chi connectivity index (χ1n) is 9.65. The molecule has 1 amide bonds. The number of hydrogen-bond acceptors (Lipinski definition) is 6. The highest BCUT2D eigenvalue weighted by Crippen LogP contribution is 2.20. The average Bonchev–Trinajstić information content (AvgIpc) is 3.25. The van der Waals surface area contributed by atoms with E-state index in [0.29, 0.717) is 33.1 Å². The van der Waals surface area contributed by atoms with E-state index in [2.05, 4.69) is 10.3 Å². The van der Waals surface area contributed by atoms with Gasteiger partial charge in [0.25, 0.3) is 11.5 Å². The summed E-state index contributed by atoms with van der Waals surface area (Å²) in [6, 6.07) is 17.5. The smallest absolute Gasteiger partial charge is 0.329 e. The Labute approximate surface area is 186 Å². The quantitative estimate of drug-likeness (QED) is 0.472. The summed E-state index contributed by atoms with van der Waals surface area (Å²) in [5.41, 5.74) is 1.04. The van der Waals surface area contributed by atoms with Crippen LogP contribution in [0.25, 0.3) is 10.2 Å². The van der Waals surface area contributed by atoms with Crippen LogP contribution in [0.5, 0.6) is 5.75 Å². The van der Waals surface area contributed by atoms with Crippen LogP contribution in [-0.2, 0) is 13.1 Å². The van der Waals surface area contributed by atoms with Crippen molar-refractivity contribution in [1.29, 1.82) is 5.26 Å². The molecule has 32 heavy (non-hydrogen) atoms. The van der Waals surface area contributed by atoms with Gasteiger partial charge >= 0.3 is 5.69 Å². The lowest BCUT2D eigenvalue weighted by Crippen LogP contribution is -2.34. The van der Waals surface area contributed by atoms with Crippen LogP contribution in [0.15, 0.2) is 64.2 Å². The van der Waals surface area contributed by atoms with Gasteiger partial charge in [0.15, 0.2) is 0 Å². The molecule has 9 heteroatoms. The number of fused-ring (bicyclic) bond motifs is 1. The van der Waals surface area contributed by atoms with Crippen LogP contribution in [-0.4, -0.2) is 22.6 Å². The van der Waals surface area contributed by atoms with Gasteiger partial charge in [-0.2, -0.15) is 5.26 Å². The van der Waals surface area contributed by atoms with Gasteiger partial charge in [0.2, 0.25) is 0 Å². The molecule has 4 rings (SSSR count). The monoisotopic (exact) mass is 446 g/mol. The van der Waals surface area contributed by atoms with E-state index in [0.717, 1.165) is 21.5 Å². The molecule has 0 bridgehead atoms. The molecule has 0 aliphatic carbocycles. The number of nitrogens with zero attached hydrogens (tertiary/aromatic N) is 2. The SMILES string of the molecule is COc1cccc(CNC(=O)c2cc3c(=O)n(Cc4ccc(C#N)cc4)c(=O)[nH]c3s2)c1. The molecule has 0 radical (unpaired) electrons. The molecule has 0 atom stereocenters. The van der Waals surface area contributed by atoms with Crippen molar-refractivity contribution < 1.29 is 9.53 Å². The van der Waals surface area contributed by atoms with E-state index in [1.165, 1.54) is 6.07 Å². The van der Waals surface area contributed by atoms with Crippen LogP contribution in [0.2, 0.25) is 0 Å². The highest BCUT2D eigenvalue weighted by atomic mass is 32.1. The van der Waals surface area contributed by atoms with E-state index in [4.69, 9.17) is 10.00 Å². The Hall–Kier alpha value is -4.16. The second-order valence-corrected chi connectivity index (χ2v) is 8.07. The van der Waals surface area contributed by atoms with Gasteiger partial charge in [0, 0.05) is 6.54 Å². The first kappa shape index (κ1) is 21.1. The van der Waals surface area contributed by atoms with Crippen molar-refractivity contribution in [2.45, 2.75) is 13.1 Å². The zero-order valence-corrected chi connectivity index (χ0v) is 17.9. The van der Waals surface area contributed by atoms with Crippen molar-refractivity contribution in [1.82, 2.24) is 14.9 Å². The highest BCUT2D eigenvalue weighted by molar-refractivity contribution is 7.20. The molecular formula is C23H18N4O4S. The zero-order valence-electron chi connectivity index (χ0n) is 17.0. The molecule has 0 fully saturated rings. The minimum absolute atomic E-state index is 0.0586. The van der Waals surface area contributed by atoms with Crippen LogP contribution in [0.3, 0.4) is 0 Å². The number of amides is 1. The number of methoxy groups -OCH3 is 1. The van der Waals surface area contributed by atoms with Gasteiger partial charge in [0.1, 0.15) is 10.6 Å². The van der Waals surface area contributed by atoms with Gasteiger partial charge in [-0.25, -0.2) is 4.79 Å². The van der Waals surface area contributed by atoms with Crippen molar-refractivity contribution in [3.05, 3.63) is 97.0 Å². The summed E-state index contributed by atoms with van der Waals surface area (Å²) in [6.45, 7) is 0.354. The summed E-state index contributed by atoms with van der Waals surface area (Å²) in [6.07, 6.45) is 0. The first-order valence-corrected chi connectivity index (χ1v) is 10.5. The Morgan fingerprint density at radius 1 is 1.16 bits per heavy atom. The van der Waals surface area contributed by atoms with E-state index in [9.17, 15) is 14.4 Å². The predicted molar refractivity (Wildman–Crippen MR) is 121 cm³/mol. The third-order valence-electron chi connectivity index (χ3n) is 4.91. The van der Waals surface area contributed by atoms with E-state index < -0.39 is 11.2 Å². The lowest BCUT2D eigenvalue weighted by atomic mass is 10.1. The normalized spacial score (nSPS) is 10.6. The van der Waals surface area contributed by atoms with Crippen LogP contribution < -0.4 is 21.3 Å². The van der Waals surface area contributed by atoms with Crippen molar-refractivity contribution >= 4 is 27.5 Å². The molecule has 8 nitrogen and oxygen atoms in total. The van der Waals surface area contributed by atoms with E-state index in [-0.39, 0.29) is 17.8 Å². The lowest BCUT2D eigenvalue weighted by molar-refractivity contribution is 0.0955. The molecule has 0 aliphatic heterocycles. The summed E-state index contributed by atoms with van der Waals surface area (Å²) in [4.78, 5) is 41.4. The molecule has 2 heterocycles. The van der Waals surface area contributed by atoms with Crippen molar-refractivity contribution in [2.24, 2.45) is 0 Å². The molecular weight excluding hydrogens is 428 g/mol. The number of thiophene rings is 1. The third-order valence-corrected chi connectivity index (χ3v) is 5.96. The Morgan fingerprint density at radius 2 is 1.94 bits per heavy atom. The molecule has 2 aromatic carbocycles. The molecule has 0 saturated carbocycles. The highest BCUT2D eigenvalue weighted by Gasteiger charge is 2.16. The largest absolute Gasteiger partial charge is 0.497 e. The minimum Gasteiger partial charge on any atom is -0.497 e. The predicted octanol–water partition coefficient (Wildman–Crippen LogP) is 2.61. The number of H-pyrrole nitrogens is 1. The minimum atomic E-state index is -0.558. The van der Waals surface area contributed by atoms with E-state index >= 15 is 0 Å². The summed E-state index contributed by atoms with van der Waals surface area (Å²) in [7, 11) is 1.57. The van der Waals surface area contributed by atoms with Gasteiger partial charge in [-0.1, -0.05) is 24.3 Å². The molecule has 0 aliphatic rings. The van der Waals surface area contributed by atoms with Gasteiger partial charge in [-0.3, -0.25) is 19.1 Å². The maximum atomic E-state index is 12.9. The van der Waals surface area contributed by atoms with Crippen LogP contribution in [0.4, 0.5) is 0 Å². The van der Waals surface area contributed by atoms with Crippen LogP contribution in [0, 0.1) is 11.3 Å². The fourth-order valence-electron chi connectivity index (χ4n) is 3.22. The van der Waals surface area contributed by atoms with Crippen LogP contribution >= 0.6 is 11.3 Å². The Kier molecular flexibility index (Phi) is 5.87. The number of aromatic nitrogens is 2. The maximum Gasteiger partial charge on any atom is 0.329 e. The molecule has 0 saturated heterocycles. The molecule has 4 aromatic rings. The fraction of sp³-hybridized carbons (Fsp3) is 0.130. The second-order valence-electron chi connectivity index (χ2n) is 7.02. The number of hydrogen-bond donors (Lipinski definition) is 2. The second kappa shape index (κ2) is 8.91. The third kappa shape index (κ3) is 4.31. The number of aromatic amines is 1. The molecule has 160 valence electrons. The molecule has 0 unspecified atom stereocenters. The summed E-state index contributed by atoms with van der Waals surface area (Å²) in [5, 5.41) is 12.0. The number of benzene rings is 2. The van der Waals surface area contributed by atoms with Crippen LogP contribution in [0.1, 0.15) is 26.4 Å². The molecule has 2 N–H and O–H groups in total. The van der Waals surface area contributed by atoms with Gasteiger partial charge < -0.3 is 10.1 Å². The Morgan fingerprint density at radius 3 is 2.66 bits per heavy atom. The summed E-state index contributed by atoms with van der Waals surface area (Å²) in [5.74, 6) is 0.354. The number of nitriles is 1. The fourth-order valence-corrected chi connectivity index (χ4v) is 4.18. The number of ether oxygens (including phenoxy) is 1.